The first kappa shape index (κ1) is 14.7. The number of non-ortho nitro benzene ring substituents is 1. The van der Waals surface area contributed by atoms with Crippen molar-refractivity contribution in [1.82, 2.24) is 0 Å². The Morgan fingerprint density at radius 2 is 2.10 bits per heavy atom. The molecule has 0 unspecified atom stereocenters. The zero-order valence-corrected chi connectivity index (χ0v) is 12.4. The zero-order valence-electron chi connectivity index (χ0n) is 10.1. The van der Waals surface area contributed by atoms with E-state index in [9.17, 15) is 14.5 Å². The van der Waals surface area contributed by atoms with Crippen LogP contribution in [0.4, 0.5) is 15.8 Å². The first-order valence-electron chi connectivity index (χ1n) is 5.59. The molecule has 1 N–H and O–H groups in total. The summed E-state index contributed by atoms with van der Waals surface area (Å²) in [4.78, 5) is 10.2. The molecule has 4 nitrogen and oxygen atoms in total. The van der Waals surface area contributed by atoms with E-state index >= 15 is 0 Å². The molecule has 0 heterocycles. The monoisotopic (exact) mass is 358 g/mol. The van der Waals surface area contributed by atoms with Gasteiger partial charge in [0.05, 0.1) is 10.6 Å². The minimum Gasteiger partial charge on any atom is -0.378 e. The van der Waals surface area contributed by atoms with Crippen molar-refractivity contribution in [2.45, 2.75) is 6.54 Å². The SMILES string of the molecule is O=[N+]([O-])c1ccc(Cl)c(CNc2c(F)cccc2Br)c1. The highest BCUT2D eigenvalue weighted by molar-refractivity contribution is 9.10. The van der Waals surface area contributed by atoms with Gasteiger partial charge in [-0.1, -0.05) is 17.7 Å². The van der Waals surface area contributed by atoms with Gasteiger partial charge in [-0.05, 0) is 39.7 Å². The van der Waals surface area contributed by atoms with Crippen LogP contribution in [0.15, 0.2) is 40.9 Å². The number of anilines is 1. The van der Waals surface area contributed by atoms with Gasteiger partial charge < -0.3 is 5.32 Å². The second-order valence-corrected chi connectivity index (χ2v) is 5.24. The van der Waals surface area contributed by atoms with Gasteiger partial charge in [-0.3, -0.25) is 10.1 Å². The highest BCUT2D eigenvalue weighted by atomic mass is 79.9. The molecule has 0 aliphatic heterocycles. The Morgan fingerprint density at radius 3 is 2.75 bits per heavy atom. The Kier molecular flexibility index (Phi) is 4.57. The van der Waals surface area contributed by atoms with Gasteiger partial charge in [0.1, 0.15) is 5.82 Å². The summed E-state index contributed by atoms with van der Waals surface area (Å²) in [5.74, 6) is -0.416. The van der Waals surface area contributed by atoms with Crippen LogP contribution in [-0.4, -0.2) is 4.92 Å². The molecule has 2 rings (SSSR count). The molecule has 0 aliphatic rings. The van der Waals surface area contributed by atoms with Crippen LogP contribution >= 0.6 is 27.5 Å². The van der Waals surface area contributed by atoms with Crippen LogP contribution in [0.3, 0.4) is 0 Å². The summed E-state index contributed by atoms with van der Waals surface area (Å²) in [6.45, 7) is 0.181. The smallest absolute Gasteiger partial charge is 0.269 e. The van der Waals surface area contributed by atoms with Gasteiger partial charge in [-0.25, -0.2) is 4.39 Å². The Balaban J connectivity index is 2.23. The highest BCUT2D eigenvalue weighted by Crippen LogP contribution is 2.27. The number of nitrogens with zero attached hydrogens (tertiary/aromatic N) is 1. The van der Waals surface area contributed by atoms with Crippen molar-refractivity contribution in [1.29, 1.82) is 0 Å². The second-order valence-electron chi connectivity index (χ2n) is 3.98. The molecule has 7 heteroatoms. The molecule has 0 bridgehead atoms. The third-order valence-corrected chi connectivity index (χ3v) is 3.69. The van der Waals surface area contributed by atoms with Gasteiger partial charge in [0.15, 0.2) is 0 Å². The number of nitro benzene ring substituents is 1. The molecule has 0 amide bonds. The number of hydrogen-bond acceptors (Lipinski definition) is 3. The van der Waals surface area contributed by atoms with E-state index in [1.165, 1.54) is 24.3 Å². The summed E-state index contributed by atoms with van der Waals surface area (Å²) in [6, 6.07) is 8.73. The van der Waals surface area contributed by atoms with Gasteiger partial charge in [-0.15, -0.1) is 0 Å². The first-order valence-corrected chi connectivity index (χ1v) is 6.77. The van der Waals surface area contributed by atoms with Crippen LogP contribution in [0.25, 0.3) is 0 Å². The van der Waals surface area contributed by atoms with Crippen LogP contribution in [0.5, 0.6) is 0 Å². The Hall–Kier alpha value is -1.66. The highest BCUT2D eigenvalue weighted by Gasteiger charge is 2.11. The number of nitro groups is 1. The van der Waals surface area contributed by atoms with E-state index in [2.05, 4.69) is 21.2 Å². The Morgan fingerprint density at radius 1 is 1.35 bits per heavy atom. The van der Waals surface area contributed by atoms with E-state index < -0.39 is 10.7 Å². The van der Waals surface area contributed by atoms with Crippen molar-refractivity contribution >= 4 is 38.9 Å². The third-order valence-electron chi connectivity index (χ3n) is 2.66. The number of benzene rings is 2. The van der Waals surface area contributed by atoms with Crippen molar-refractivity contribution in [3.8, 4) is 0 Å². The molecule has 0 radical (unpaired) electrons. The number of hydrogen-bond donors (Lipinski definition) is 1. The minimum absolute atomic E-state index is 0.0567. The number of halogens is 3. The van der Waals surface area contributed by atoms with Gasteiger partial charge in [0.25, 0.3) is 5.69 Å². The molecule has 0 atom stereocenters. The fraction of sp³-hybridized carbons (Fsp3) is 0.0769. The number of para-hydroxylation sites is 1. The fourth-order valence-corrected chi connectivity index (χ4v) is 2.33. The molecule has 0 aromatic heterocycles. The van der Waals surface area contributed by atoms with Crippen LogP contribution in [0.2, 0.25) is 5.02 Å². The van der Waals surface area contributed by atoms with Crippen molar-refractivity contribution in [2.75, 3.05) is 5.32 Å². The summed E-state index contributed by atoms with van der Waals surface area (Å²) in [5, 5.41) is 14.0. The molecular formula is C13H9BrClFN2O2. The molecule has 2 aromatic rings. The lowest BCUT2D eigenvalue weighted by atomic mass is 10.2. The summed E-state index contributed by atoms with van der Waals surface area (Å²) in [7, 11) is 0. The molecule has 0 saturated carbocycles. The standard InChI is InChI=1S/C13H9BrClFN2O2/c14-10-2-1-3-12(16)13(10)17-7-8-6-9(18(19)20)4-5-11(8)15/h1-6,17H,7H2. The predicted octanol–water partition coefficient (Wildman–Crippen LogP) is 4.76. The van der Waals surface area contributed by atoms with Crippen LogP contribution < -0.4 is 5.32 Å². The largest absolute Gasteiger partial charge is 0.378 e. The summed E-state index contributed by atoms with van der Waals surface area (Å²) in [6.07, 6.45) is 0. The van der Waals surface area contributed by atoms with Crippen LogP contribution in [0, 0.1) is 15.9 Å². The van der Waals surface area contributed by atoms with Crippen molar-refractivity contribution in [3.63, 3.8) is 0 Å². The molecule has 2 aromatic carbocycles. The quantitative estimate of drug-likeness (QED) is 0.632. The average Bonchev–Trinajstić information content (AvgIpc) is 2.39. The van der Waals surface area contributed by atoms with Gasteiger partial charge >= 0.3 is 0 Å². The van der Waals surface area contributed by atoms with E-state index in [1.54, 1.807) is 12.1 Å². The minimum atomic E-state index is -0.501. The van der Waals surface area contributed by atoms with E-state index in [0.717, 1.165) is 0 Å². The lowest BCUT2D eigenvalue weighted by Gasteiger charge is -2.10. The predicted molar refractivity (Wildman–Crippen MR) is 79.5 cm³/mol. The normalized spacial score (nSPS) is 10.3. The van der Waals surface area contributed by atoms with Gasteiger partial charge in [-0.2, -0.15) is 0 Å². The molecule has 0 fully saturated rings. The van der Waals surface area contributed by atoms with Crippen molar-refractivity contribution in [3.05, 3.63) is 67.4 Å². The lowest BCUT2D eigenvalue weighted by molar-refractivity contribution is -0.384. The summed E-state index contributed by atoms with van der Waals surface area (Å²) < 4.78 is 14.2. The maximum atomic E-state index is 13.6. The maximum Gasteiger partial charge on any atom is 0.269 e. The van der Waals surface area contributed by atoms with E-state index in [1.807, 2.05) is 0 Å². The Bertz CT molecular complexity index is 647. The van der Waals surface area contributed by atoms with E-state index in [4.69, 9.17) is 11.6 Å². The summed E-state index contributed by atoms with van der Waals surface area (Å²) >= 11 is 9.21. The molecule has 0 aliphatic carbocycles. The van der Waals surface area contributed by atoms with E-state index in [-0.39, 0.29) is 17.9 Å². The van der Waals surface area contributed by atoms with Crippen LogP contribution in [0.1, 0.15) is 5.56 Å². The topological polar surface area (TPSA) is 55.2 Å². The number of nitrogens with one attached hydrogen (secondary N) is 1. The summed E-state index contributed by atoms with van der Waals surface area (Å²) in [5.41, 5.74) is 0.755. The maximum absolute atomic E-state index is 13.6. The molecule has 20 heavy (non-hydrogen) atoms. The van der Waals surface area contributed by atoms with Gasteiger partial charge in [0, 0.05) is 28.2 Å². The third kappa shape index (κ3) is 3.26. The average molecular weight is 360 g/mol. The van der Waals surface area contributed by atoms with Crippen LogP contribution in [-0.2, 0) is 6.54 Å². The van der Waals surface area contributed by atoms with Crippen molar-refractivity contribution in [2.24, 2.45) is 0 Å². The van der Waals surface area contributed by atoms with Gasteiger partial charge in [0.2, 0.25) is 0 Å². The molecule has 0 spiro atoms. The molecular weight excluding hydrogens is 351 g/mol. The molecule has 104 valence electrons. The first-order chi connectivity index (χ1) is 9.49. The fourth-order valence-electron chi connectivity index (χ4n) is 1.66. The molecule has 0 saturated heterocycles. The lowest BCUT2D eigenvalue weighted by Crippen LogP contribution is -2.03. The Labute approximate surface area is 127 Å². The zero-order chi connectivity index (χ0) is 14.7. The number of rotatable bonds is 4. The van der Waals surface area contributed by atoms with Crippen molar-refractivity contribution < 1.29 is 9.31 Å². The van der Waals surface area contributed by atoms with E-state index in [0.29, 0.717) is 15.1 Å². The second kappa shape index (κ2) is 6.19.